The maximum absolute atomic E-state index is 12.4. The highest BCUT2D eigenvalue weighted by Crippen LogP contribution is 2.22. The van der Waals surface area contributed by atoms with Crippen LogP contribution in [-0.4, -0.2) is 20.5 Å². The Morgan fingerprint density at radius 3 is 2.38 bits per heavy atom. The van der Waals surface area contributed by atoms with Gasteiger partial charge in [0.25, 0.3) is 10.0 Å². The lowest BCUT2D eigenvalue weighted by atomic mass is 10.3. The van der Waals surface area contributed by atoms with Crippen LogP contribution in [0.2, 0.25) is 5.02 Å². The van der Waals surface area contributed by atoms with Crippen LogP contribution in [0.25, 0.3) is 0 Å². The molecule has 0 aliphatic heterocycles. The third kappa shape index (κ3) is 4.44. The van der Waals surface area contributed by atoms with Crippen LogP contribution >= 0.6 is 11.6 Å². The Morgan fingerprint density at radius 1 is 1.00 bits per heavy atom. The summed E-state index contributed by atoms with van der Waals surface area (Å²) in [5.74, 6) is 0.802. The van der Waals surface area contributed by atoms with E-state index in [1.165, 1.54) is 25.4 Å². The van der Waals surface area contributed by atoms with Crippen molar-refractivity contribution in [1.82, 2.24) is 4.98 Å². The van der Waals surface area contributed by atoms with Gasteiger partial charge in [0.1, 0.15) is 11.6 Å². The number of anilines is 3. The number of benzene rings is 2. The Balaban J connectivity index is 1.71. The van der Waals surface area contributed by atoms with Crippen molar-refractivity contribution in [2.24, 2.45) is 0 Å². The second kappa shape index (κ2) is 7.63. The minimum absolute atomic E-state index is 0.126. The normalized spacial score (nSPS) is 11.0. The molecule has 0 saturated carbocycles. The maximum atomic E-state index is 12.4. The average molecular weight is 390 g/mol. The number of methoxy groups -OCH3 is 1. The van der Waals surface area contributed by atoms with Crippen LogP contribution in [0.4, 0.5) is 17.2 Å². The molecule has 3 aromatic rings. The van der Waals surface area contributed by atoms with Gasteiger partial charge in [0, 0.05) is 10.7 Å². The van der Waals surface area contributed by atoms with E-state index in [9.17, 15) is 8.42 Å². The van der Waals surface area contributed by atoms with Gasteiger partial charge in [-0.1, -0.05) is 17.7 Å². The highest BCUT2D eigenvalue weighted by Gasteiger charge is 2.14. The molecule has 1 aromatic heterocycles. The number of sulfonamides is 1. The van der Waals surface area contributed by atoms with E-state index in [0.29, 0.717) is 16.5 Å². The van der Waals surface area contributed by atoms with Crippen LogP contribution in [0.3, 0.4) is 0 Å². The maximum Gasteiger partial charge on any atom is 0.263 e. The van der Waals surface area contributed by atoms with Crippen LogP contribution in [0.5, 0.6) is 5.75 Å². The van der Waals surface area contributed by atoms with E-state index in [2.05, 4.69) is 15.0 Å². The molecule has 0 radical (unpaired) electrons. The summed E-state index contributed by atoms with van der Waals surface area (Å²) in [5, 5.41) is 3.76. The number of ether oxygens (including phenoxy) is 1. The topological polar surface area (TPSA) is 80.3 Å². The summed E-state index contributed by atoms with van der Waals surface area (Å²) in [6.45, 7) is 0. The molecule has 1 heterocycles. The molecule has 0 fully saturated rings. The van der Waals surface area contributed by atoms with Crippen molar-refractivity contribution in [2.75, 3.05) is 17.1 Å². The third-order valence-electron chi connectivity index (χ3n) is 3.49. The summed E-state index contributed by atoms with van der Waals surface area (Å²) in [6, 6.07) is 16.7. The van der Waals surface area contributed by atoms with Gasteiger partial charge >= 0.3 is 0 Å². The average Bonchev–Trinajstić information content (AvgIpc) is 2.63. The van der Waals surface area contributed by atoms with Crippen molar-refractivity contribution in [2.45, 2.75) is 4.90 Å². The second-order valence-corrected chi connectivity index (χ2v) is 7.47. The number of halogens is 1. The monoisotopic (exact) mass is 389 g/mol. The van der Waals surface area contributed by atoms with Gasteiger partial charge in [-0.2, -0.15) is 0 Å². The summed E-state index contributed by atoms with van der Waals surface area (Å²) in [6.07, 6.45) is 1.53. The zero-order chi connectivity index (χ0) is 18.6. The zero-order valence-electron chi connectivity index (χ0n) is 13.8. The van der Waals surface area contributed by atoms with E-state index in [1.54, 1.807) is 36.4 Å². The number of nitrogens with one attached hydrogen (secondary N) is 2. The molecular formula is C18H16ClN3O3S. The Bertz CT molecular complexity index is 991. The molecule has 26 heavy (non-hydrogen) atoms. The number of rotatable bonds is 6. The van der Waals surface area contributed by atoms with Crippen LogP contribution < -0.4 is 14.8 Å². The Morgan fingerprint density at radius 2 is 1.77 bits per heavy atom. The van der Waals surface area contributed by atoms with Gasteiger partial charge in [0.15, 0.2) is 0 Å². The molecule has 0 amide bonds. The van der Waals surface area contributed by atoms with Crippen LogP contribution in [-0.2, 0) is 10.0 Å². The first-order chi connectivity index (χ1) is 12.5. The quantitative estimate of drug-likeness (QED) is 0.657. The lowest BCUT2D eigenvalue weighted by molar-refractivity contribution is 0.414. The van der Waals surface area contributed by atoms with E-state index in [-0.39, 0.29) is 10.7 Å². The van der Waals surface area contributed by atoms with Crippen molar-refractivity contribution in [3.63, 3.8) is 0 Å². The summed E-state index contributed by atoms with van der Waals surface area (Å²) >= 11 is 5.95. The third-order valence-corrected chi connectivity index (χ3v) is 5.09. The number of pyridine rings is 1. The number of aromatic nitrogens is 1. The summed E-state index contributed by atoms with van der Waals surface area (Å²) in [7, 11) is -2.20. The molecule has 0 unspecified atom stereocenters. The van der Waals surface area contributed by atoms with Crippen molar-refractivity contribution in [3.05, 3.63) is 71.9 Å². The molecule has 134 valence electrons. The highest BCUT2D eigenvalue weighted by atomic mass is 35.5. The summed E-state index contributed by atoms with van der Waals surface area (Å²) in [4.78, 5) is 4.26. The predicted molar refractivity (Wildman–Crippen MR) is 103 cm³/mol. The summed E-state index contributed by atoms with van der Waals surface area (Å²) in [5.41, 5.74) is 1.52. The molecule has 0 spiro atoms. The van der Waals surface area contributed by atoms with E-state index in [4.69, 9.17) is 16.3 Å². The fourth-order valence-corrected chi connectivity index (χ4v) is 3.41. The number of hydrogen-bond acceptors (Lipinski definition) is 5. The Labute approximate surface area is 156 Å². The molecule has 8 heteroatoms. The van der Waals surface area contributed by atoms with Crippen LogP contribution in [0.1, 0.15) is 0 Å². The predicted octanol–water partition coefficient (Wildman–Crippen LogP) is 4.29. The highest BCUT2D eigenvalue weighted by molar-refractivity contribution is 7.92. The van der Waals surface area contributed by atoms with Gasteiger partial charge in [-0.15, -0.1) is 0 Å². The minimum Gasteiger partial charge on any atom is -0.497 e. The standard InChI is InChI=1S/C18H16ClN3O3S/c1-25-16-6-8-17(9-7-16)26(23,24)22-18-10-5-15(12-20-18)21-14-4-2-3-13(19)11-14/h2-12,21H,1H3,(H,20,22). The lowest BCUT2D eigenvalue weighted by Crippen LogP contribution is -2.13. The molecule has 6 nitrogen and oxygen atoms in total. The van der Waals surface area contributed by atoms with Crippen LogP contribution in [0, 0.1) is 0 Å². The van der Waals surface area contributed by atoms with E-state index in [1.807, 2.05) is 12.1 Å². The number of nitrogens with zero attached hydrogens (tertiary/aromatic N) is 1. The molecule has 0 aliphatic carbocycles. The zero-order valence-corrected chi connectivity index (χ0v) is 15.4. The molecule has 2 N–H and O–H groups in total. The smallest absolute Gasteiger partial charge is 0.263 e. The lowest BCUT2D eigenvalue weighted by Gasteiger charge is -2.10. The molecule has 0 atom stereocenters. The largest absolute Gasteiger partial charge is 0.497 e. The Kier molecular flexibility index (Phi) is 5.29. The van der Waals surface area contributed by atoms with Crippen molar-refractivity contribution in [1.29, 1.82) is 0 Å². The molecule has 0 saturated heterocycles. The van der Waals surface area contributed by atoms with E-state index < -0.39 is 10.0 Å². The van der Waals surface area contributed by atoms with Gasteiger partial charge in [-0.3, -0.25) is 4.72 Å². The Hall–Kier alpha value is -2.77. The van der Waals surface area contributed by atoms with Gasteiger partial charge in [0.2, 0.25) is 0 Å². The number of hydrogen-bond donors (Lipinski definition) is 2. The van der Waals surface area contributed by atoms with E-state index in [0.717, 1.165) is 5.69 Å². The fraction of sp³-hybridized carbons (Fsp3) is 0.0556. The van der Waals surface area contributed by atoms with Gasteiger partial charge in [-0.25, -0.2) is 13.4 Å². The van der Waals surface area contributed by atoms with Gasteiger partial charge < -0.3 is 10.1 Å². The second-order valence-electron chi connectivity index (χ2n) is 5.35. The molecule has 3 rings (SSSR count). The SMILES string of the molecule is COc1ccc(S(=O)(=O)Nc2ccc(Nc3cccc(Cl)c3)cn2)cc1. The molecule has 2 aromatic carbocycles. The first-order valence-electron chi connectivity index (χ1n) is 7.62. The van der Waals surface area contributed by atoms with Crippen molar-refractivity contribution >= 4 is 38.8 Å². The first-order valence-corrected chi connectivity index (χ1v) is 9.48. The van der Waals surface area contributed by atoms with Gasteiger partial charge in [-0.05, 0) is 54.6 Å². The molecule has 0 bridgehead atoms. The first kappa shape index (κ1) is 18.0. The summed E-state index contributed by atoms with van der Waals surface area (Å²) < 4.78 is 32.3. The van der Waals surface area contributed by atoms with Crippen molar-refractivity contribution in [3.8, 4) is 5.75 Å². The minimum atomic E-state index is -3.72. The van der Waals surface area contributed by atoms with Gasteiger partial charge in [0.05, 0.1) is 23.9 Å². The molecular weight excluding hydrogens is 374 g/mol. The van der Waals surface area contributed by atoms with Crippen LogP contribution in [0.15, 0.2) is 71.8 Å². The van der Waals surface area contributed by atoms with E-state index >= 15 is 0 Å². The molecule has 0 aliphatic rings. The van der Waals surface area contributed by atoms with Crippen molar-refractivity contribution < 1.29 is 13.2 Å². The fourth-order valence-electron chi connectivity index (χ4n) is 2.21.